The molecule has 0 unspecified atom stereocenters. The molecule has 0 saturated heterocycles. The summed E-state index contributed by atoms with van der Waals surface area (Å²) in [5, 5.41) is 7.97. The predicted octanol–water partition coefficient (Wildman–Crippen LogP) is 4.83. The molecule has 3 rings (SSSR count). The van der Waals surface area contributed by atoms with Crippen molar-refractivity contribution in [3.8, 4) is 5.75 Å². The zero-order valence-corrected chi connectivity index (χ0v) is 17.1. The molecule has 0 saturated carbocycles. The van der Waals surface area contributed by atoms with Gasteiger partial charge in [-0.3, -0.25) is 9.48 Å². The first kappa shape index (κ1) is 19.5. The SMILES string of the molecule is CCn1cc(Br)c(CNC(=O)c2cccc(COc3ccc(Cl)cc3)c2)n1. The number of ether oxygens (including phenoxy) is 1. The van der Waals surface area contributed by atoms with Crippen LogP contribution in [0.1, 0.15) is 28.5 Å². The van der Waals surface area contributed by atoms with Gasteiger partial charge in [0.1, 0.15) is 12.4 Å². The summed E-state index contributed by atoms with van der Waals surface area (Å²) in [6.45, 7) is 3.52. The lowest BCUT2D eigenvalue weighted by atomic mass is 10.1. The van der Waals surface area contributed by atoms with Crippen molar-refractivity contribution < 1.29 is 9.53 Å². The highest BCUT2D eigenvalue weighted by Crippen LogP contribution is 2.18. The summed E-state index contributed by atoms with van der Waals surface area (Å²) in [5.74, 6) is 0.576. The Hall–Kier alpha value is -2.31. The summed E-state index contributed by atoms with van der Waals surface area (Å²) in [5.41, 5.74) is 2.29. The van der Waals surface area contributed by atoms with Crippen LogP contribution in [0.2, 0.25) is 5.02 Å². The van der Waals surface area contributed by atoms with Crippen molar-refractivity contribution in [1.82, 2.24) is 15.1 Å². The fourth-order valence-electron chi connectivity index (χ4n) is 2.48. The minimum Gasteiger partial charge on any atom is -0.489 e. The van der Waals surface area contributed by atoms with Gasteiger partial charge in [-0.15, -0.1) is 0 Å². The van der Waals surface area contributed by atoms with Crippen molar-refractivity contribution in [3.05, 3.63) is 81.0 Å². The van der Waals surface area contributed by atoms with Crippen LogP contribution in [0, 0.1) is 0 Å². The minimum absolute atomic E-state index is 0.152. The van der Waals surface area contributed by atoms with Crippen molar-refractivity contribution in [2.45, 2.75) is 26.6 Å². The number of carbonyl (C=O) groups is 1. The fraction of sp³-hybridized carbons (Fsp3) is 0.200. The van der Waals surface area contributed by atoms with Crippen LogP contribution in [0.5, 0.6) is 5.75 Å². The molecule has 0 radical (unpaired) electrons. The molecule has 1 N–H and O–H groups in total. The van der Waals surface area contributed by atoms with Crippen molar-refractivity contribution in [2.75, 3.05) is 0 Å². The molecule has 0 atom stereocenters. The van der Waals surface area contributed by atoms with Crippen LogP contribution in [-0.2, 0) is 19.7 Å². The van der Waals surface area contributed by atoms with Crippen LogP contribution in [0.3, 0.4) is 0 Å². The standard InChI is InChI=1S/C20H19BrClN3O2/c1-2-25-12-18(21)19(24-25)11-23-20(26)15-5-3-4-14(10-15)13-27-17-8-6-16(22)7-9-17/h3-10,12H,2,11,13H2,1H3,(H,23,26). The number of hydrogen-bond acceptors (Lipinski definition) is 3. The van der Waals surface area contributed by atoms with Crippen molar-refractivity contribution in [3.63, 3.8) is 0 Å². The van der Waals surface area contributed by atoms with E-state index in [2.05, 4.69) is 26.3 Å². The van der Waals surface area contributed by atoms with E-state index in [1.54, 1.807) is 18.2 Å². The third kappa shape index (κ3) is 5.34. The predicted molar refractivity (Wildman–Crippen MR) is 109 cm³/mol. The maximum atomic E-state index is 12.5. The van der Waals surface area contributed by atoms with Gasteiger partial charge in [0, 0.05) is 23.3 Å². The molecule has 0 spiro atoms. The second-order valence-corrected chi connectivity index (χ2v) is 7.20. The van der Waals surface area contributed by atoms with Crippen LogP contribution >= 0.6 is 27.5 Å². The smallest absolute Gasteiger partial charge is 0.251 e. The third-order valence-electron chi connectivity index (χ3n) is 3.94. The number of benzene rings is 2. The third-order valence-corrected chi connectivity index (χ3v) is 4.85. The molecule has 0 fully saturated rings. The van der Waals surface area contributed by atoms with Gasteiger partial charge in [-0.25, -0.2) is 0 Å². The summed E-state index contributed by atoms with van der Waals surface area (Å²) < 4.78 is 8.44. The highest BCUT2D eigenvalue weighted by Gasteiger charge is 2.10. The number of rotatable bonds is 7. The molecular formula is C20H19BrClN3O2. The number of aryl methyl sites for hydroxylation is 1. The van der Waals surface area contributed by atoms with Gasteiger partial charge in [0.25, 0.3) is 5.91 Å². The topological polar surface area (TPSA) is 56.2 Å². The first-order chi connectivity index (χ1) is 13.0. The summed E-state index contributed by atoms with van der Waals surface area (Å²) in [7, 11) is 0. The Bertz CT molecular complexity index is 925. The normalized spacial score (nSPS) is 10.6. The molecule has 0 aliphatic carbocycles. The molecule has 7 heteroatoms. The zero-order valence-electron chi connectivity index (χ0n) is 14.8. The number of nitrogens with one attached hydrogen (secondary N) is 1. The second kappa shape index (κ2) is 9.06. The van der Waals surface area contributed by atoms with E-state index in [0.717, 1.165) is 28.0 Å². The largest absolute Gasteiger partial charge is 0.489 e. The van der Waals surface area contributed by atoms with Gasteiger partial charge < -0.3 is 10.1 Å². The first-order valence-electron chi connectivity index (χ1n) is 8.52. The van der Waals surface area contributed by atoms with E-state index >= 15 is 0 Å². The minimum atomic E-state index is -0.152. The van der Waals surface area contributed by atoms with Gasteiger partial charge in [0.2, 0.25) is 0 Å². The molecule has 1 heterocycles. The van der Waals surface area contributed by atoms with E-state index in [4.69, 9.17) is 16.3 Å². The quantitative estimate of drug-likeness (QED) is 0.563. The van der Waals surface area contributed by atoms with Crippen molar-refractivity contribution in [1.29, 1.82) is 0 Å². The number of halogens is 2. The Kier molecular flexibility index (Phi) is 6.53. The summed E-state index contributed by atoms with van der Waals surface area (Å²) >= 11 is 9.33. The zero-order chi connectivity index (χ0) is 19.2. The summed E-state index contributed by atoms with van der Waals surface area (Å²) in [6, 6.07) is 14.5. The van der Waals surface area contributed by atoms with E-state index < -0.39 is 0 Å². The lowest BCUT2D eigenvalue weighted by molar-refractivity contribution is 0.0950. The van der Waals surface area contributed by atoms with Crippen LogP contribution < -0.4 is 10.1 Å². The lowest BCUT2D eigenvalue weighted by Crippen LogP contribution is -2.23. The lowest BCUT2D eigenvalue weighted by Gasteiger charge is -2.08. The van der Waals surface area contributed by atoms with Gasteiger partial charge in [-0.2, -0.15) is 5.10 Å². The fourth-order valence-corrected chi connectivity index (χ4v) is 3.07. The molecule has 5 nitrogen and oxygen atoms in total. The van der Waals surface area contributed by atoms with E-state index in [-0.39, 0.29) is 5.91 Å². The summed E-state index contributed by atoms with van der Waals surface area (Å²) in [6.07, 6.45) is 1.90. The maximum absolute atomic E-state index is 12.5. The first-order valence-corrected chi connectivity index (χ1v) is 9.69. The van der Waals surface area contributed by atoms with Gasteiger partial charge in [-0.1, -0.05) is 23.7 Å². The molecule has 1 aromatic heterocycles. The van der Waals surface area contributed by atoms with Gasteiger partial charge in [0.05, 0.1) is 16.7 Å². The highest BCUT2D eigenvalue weighted by molar-refractivity contribution is 9.10. The Morgan fingerprint density at radius 3 is 2.74 bits per heavy atom. The number of nitrogens with zero attached hydrogens (tertiary/aromatic N) is 2. The monoisotopic (exact) mass is 447 g/mol. The molecule has 3 aromatic rings. The molecule has 140 valence electrons. The Morgan fingerprint density at radius 1 is 1.26 bits per heavy atom. The molecule has 1 amide bonds. The van der Waals surface area contributed by atoms with Crippen molar-refractivity contribution >= 4 is 33.4 Å². The Morgan fingerprint density at radius 2 is 2.04 bits per heavy atom. The maximum Gasteiger partial charge on any atom is 0.251 e. The van der Waals surface area contributed by atoms with Gasteiger partial charge in [0.15, 0.2) is 0 Å². The average molecular weight is 449 g/mol. The number of aromatic nitrogens is 2. The molecule has 0 aliphatic rings. The van der Waals surface area contributed by atoms with Crippen molar-refractivity contribution in [2.24, 2.45) is 0 Å². The second-order valence-electron chi connectivity index (χ2n) is 5.91. The number of carbonyl (C=O) groups excluding carboxylic acids is 1. The van der Waals surface area contributed by atoms with E-state index in [0.29, 0.717) is 23.7 Å². The van der Waals surface area contributed by atoms with Crippen LogP contribution in [0.25, 0.3) is 0 Å². The van der Waals surface area contributed by atoms with E-state index in [1.165, 1.54) is 0 Å². The summed E-state index contributed by atoms with van der Waals surface area (Å²) in [4.78, 5) is 12.5. The average Bonchev–Trinajstić information content (AvgIpc) is 3.06. The van der Waals surface area contributed by atoms with Crippen LogP contribution in [0.15, 0.2) is 59.2 Å². The number of amides is 1. The van der Waals surface area contributed by atoms with Crippen LogP contribution in [0.4, 0.5) is 0 Å². The van der Waals surface area contributed by atoms with Gasteiger partial charge >= 0.3 is 0 Å². The van der Waals surface area contributed by atoms with E-state index in [9.17, 15) is 4.79 Å². The molecular weight excluding hydrogens is 430 g/mol. The molecule has 2 aromatic carbocycles. The van der Waals surface area contributed by atoms with E-state index in [1.807, 2.05) is 48.1 Å². The van der Waals surface area contributed by atoms with Gasteiger partial charge in [-0.05, 0) is 64.8 Å². The highest BCUT2D eigenvalue weighted by atomic mass is 79.9. The van der Waals surface area contributed by atoms with Crippen LogP contribution in [-0.4, -0.2) is 15.7 Å². The molecule has 0 bridgehead atoms. The Labute approximate surface area is 171 Å². The number of hydrogen-bond donors (Lipinski definition) is 1. The molecule has 0 aliphatic heterocycles. The Balaban J connectivity index is 1.59. The molecule has 27 heavy (non-hydrogen) atoms.